The lowest BCUT2D eigenvalue weighted by atomic mass is 9.95. The number of aromatic carboxylic acids is 1. The van der Waals surface area contributed by atoms with E-state index in [0.717, 1.165) is 12.1 Å². The zero-order chi connectivity index (χ0) is 19.6. The van der Waals surface area contributed by atoms with Crippen molar-refractivity contribution in [2.75, 3.05) is 14.1 Å². The van der Waals surface area contributed by atoms with Gasteiger partial charge in [-0.1, -0.05) is 78.7 Å². The Hall–Kier alpha value is -3.35. The molecule has 0 heterocycles. The SMILES string of the molecule is C#Cc1cccc(-c2ccc(CN(C)C)cc2)c1C(=O)O.c1ccccc1. The van der Waals surface area contributed by atoms with Gasteiger partial charge in [-0.3, -0.25) is 0 Å². The Labute approximate surface area is 160 Å². The average Bonchev–Trinajstić information content (AvgIpc) is 2.69. The normalized spacial score (nSPS) is 9.85. The fourth-order valence-corrected chi connectivity index (χ4v) is 2.68. The van der Waals surface area contributed by atoms with Crippen molar-refractivity contribution >= 4 is 5.97 Å². The molecule has 0 aliphatic rings. The van der Waals surface area contributed by atoms with Crippen molar-refractivity contribution in [1.29, 1.82) is 0 Å². The molecule has 0 aliphatic carbocycles. The molecule has 27 heavy (non-hydrogen) atoms. The Morgan fingerprint density at radius 2 is 1.48 bits per heavy atom. The van der Waals surface area contributed by atoms with Crippen LogP contribution in [0.4, 0.5) is 0 Å². The first-order valence-corrected chi connectivity index (χ1v) is 8.60. The maximum Gasteiger partial charge on any atom is 0.337 e. The predicted molar refractivity (Wildman–Crippen MR) is 111 cm³/mol. The van der Waals surface area contributed by atoms with Crippen molar-refractivity contribution in [3.05, 3.63) is 95.6 Å². The summed E-state index contributed by atoms with van der Waals surface area (Å²) in [5, 5.41) is 9.41. The third kappa shape index (κ3) is 5.85. The highest BCUT2D eigenvalue weighted by Crippen LogP contribution is 2.26. The summed E-state index contributed by atoms with van der Waals surface area (Å²) in [6.45, 7) is 0.844. The summed E-state index contributed by atoms with van der Waals surface area (Å²) < 4.78 is 0. The van der Waals surface area contributed by atoms with Crippen LogP contribution in [0.15, 0.2) is 78.9 Å². The monoisotopic (exact) mass is 357 g/mol. The van der Waals surface area contributed by atoms with Gasteiger partial charge in [0.2, 0.25) is 0 Å². The molecule has 3 rings (SSSR count). The second-order valence-corrected chi connectivity index (χ2v) is 6.27. The van der Waals surface area contributed by atoms with E-state index < -0.39 is 5.97 Å². The first-order valence-electron chi connectivity index (χ1n) is 8.60. The molecule has 3 nitrogen and oxygen atoms in total. The number of hydrogen-bond acceptors (Lipinski definition) is 2. The van der Waals surface area contributed by atoms with Crippen molar-refractivity contribution in [1.82, 2.24) is 4.90 Å². The molecule has 136 valence electrons. The van der Waals surface area contributed by atoms with Gasteiger partial charge in [-0.15, -0.1) is 6.42 Å². The fraction of sp³-hybridized carbons (Fsp3) is 0.125. The second-order valence-electron chi connectivity index (χ2n) is 6.27. The van der Waals surface area contributed by atoms with E-state index >= 15 is 0 Å². The summed E-state index contributed by atoms with van der Waals surface area (Å²) in [6.07, 6.45) is 5.40. The Kier molecular flexibility index (Phi) is 7.37. The number of hydrogen-bond donors (Lipinski definition) is 1. The van der Waals surface area contributed by atoms with Crippen molar-refractivity contribution in [3.63, 3.8) is 0 Å². The zero-order valence-electron chi connectivity index (χ0n) is 15.6. The van der Waals surface area contributed by atoms with E-state index in [1.165, 1.54) is 5.56 Å². The van der Waals surface area contributed by atoms with E-state index in [4.69, 9.17) is 6.42 Å². The minimum absolute atomic E-state index is 0.181. The predicted octanol–water partition coefficient (Wildman–Crippen LogP) is 4.78. The summed E-state index contributed by atoms with van der Waals surface area (Å²) in [5.74, 6) is 1.43. The number of nitrogens with zero attached hydrogens (tertiary/aromatic N) is 1. The summed E-state index contributed by atoms with van der Waals surface area (Å²) in [4.78, 5) is 13.6. The van der Waals surface area contributed by atoms with Crippen LogP contribution in [0.25, 0.3) is 11.1 Å². The smallest absolute Gasteiger partial charge is 0.337 e. The third-order valence-corrected chi connectivity index (χ3v) is 3.86. The highest BCUT2D eigenvalue weighted by atomic mass is 16.4. The Bertz CT molecular complexity index is 881. The fourth-order valence-electron chi connectivity index (χ4n) is 2.68. The van der Waals surface area contributed by atoms with Crippen molar-refractivity contribution in [2.45, 2.75) is 6.54 Å². The highest BCUT2D eigenvalue weighted by molar-refractivity contribution is 5.98. The number of carboxylic acids is 1. The van der Waals surface area contributed by atoms with Crippen molar-refractivity contribution in [2.24, 2.45) is 0 Å². The second kappa shape index (κ2) is 9.96. The molecule has 0 saturated carbocycles. The number of carboxylic acid groups (broad SMARTS) is 1. The van der Waals surface area contributed by atoms with Crippen LogP contribution in [0.5, 0.6) is 0 Å². The van der Waals surface area contributed by atoms with Gasteiger partial charge in [0.25, 0.3) is 0 Å². The number of benzene rings is 3. The van der Waals surface area contributed by atoms with E-state index in [-0.39, 0.29) is 5.56 Å². The van der Waals surface area contributed by atoms with Gasteiger partial charge in [-0.05, 0) is 36.9 Å². The lowest BCUT2D eigenvalue weighted by Crippen LogP contribution is -2.10. The number of rotatable bonds is 4. The van der Waals surface area contributed by atoms with Crippen molar-refractivity contribution < 1.29 is 9.90 Å². The summed E-state index contributed by atoms with van der Waals surface area (Å²) in [5.41, 5.74) is 3.26. The molecule has 3 heteroatoms. The Morgan fingerprint density at radius 3 is 1.93 bits per heavy atom. The van der Waals surface area contributed by atoms with Gasteiger partial charge in [-0.25, -0.2) is 4.79 Å². The first-order chi connectivity index (χ1) is 13.0. The molecule has 0 amide bonds. The molecule has 3 aromatic carbocycles. The van der Waals surface area contributed by atoms with Gasteiger partial charge < -0.3 is 10.0 Å². The molecule has 0 unspecified atom stereocenters. The van der Waals surface area contributed by atoms with E-state index in [1.807, 2.05) is 74.8 Å². The van der Waals surface area contributed by atoms with Gasteiger partial charge in [0.1, 0.15) is 0 Å². The van der Waals surface area contributed by atoms with Crippen LogP contribution in [0, 0.1) is 12.3 Å². The van der Waals surface area contributed by atoms with Gasteiger partial charge >= 0.3 is 5.97 Å². The molecule has 0 aliphatic heterocycles. The largest absolute Gasteiger partial charge is 0.478 e. The van der Waals surface area contributed by atoms with Crippen LogP contribution in [0.2, 0.25) is 0 Å². The molecule has 3 aromatic rings. The van der Waals surface area contributed by atoms with Crippen LogP contribution in [-0.2, 0) is 6.54 Å². The minimum Gasteiger partial charge on any atom is -0.478 e. The van der Waals surface area contributed by atoms with Crippen LogP contribution in [0.1, 0.15) is 21.5 Å². The quantitative estimate of drug-likeness (QED) is 0.683. The van der Waals surface area contributed by atoms with Crippen LogP contribution in [0.3, 0.4) is 0 Å². The van der Waals surface area contributed by atoms with Crippen LogP contribution >= 0.6 is 0 Å². The molecule has 0 saturated heterocycles. The first kappa shape index (κ1) is 20.0. The molecule has 0 bridgehead atoms. The number of carbonyl (C=O) groups is 1. The van der Waals surface area contributed by atoms with Gasteiger partial charge in [-0.2, -0.15) is 0 Å². The zero-order valence-corrected chi connectivity index (χ0v) is 15.6. The highest BCUT2D eigenvalue weighted by Gasteiger charge is 2.15. The molecule has 0 spiro atoms. The minimum atomic E-state index is -1.00. The standard InChI is InChI=1S/C18H17NO2.C6H6/c1-4-14-6-5-7-16(17(14)18(20)21)15-10-8-13(9-11-15)12-19(2)3;1-2-4-6-5-3-1/h1,5-11H,12H2,2-3H3,(H,20,21);1-6H. The lowest BCUT2D eigenvalue weighted by Gasteiger charge is -2.12. The molecule has 0 fully saturated rings. The van der Waals surface area contributed by atoms with Gasteiger partial charge in [0.15, 0.2) is 0 Å². The van der Waals surface area contributed by atoms with E-state index in [2.05, 4.69) is 10.8 Å². The van der Waals surface area contributed by atoms with Gasteiger partial charge in [0, 0.05) is 12.1 Å². The summed E-state index contributed by atoms with van der Waals surface area (Å²) >= 11 is 0. The Balaban J connectivity index is 0.000000369. The van der Waals surface area contributed by atoms with Crippen LogP contribution < -0.4 is 0 Å². The summed E-state index contributed by atoms with van der Waals surface area (Å²) in [7, 11) is 4.01. The Morgan fingerprint density at radius 1 is 0.926 bits per heavy atom. The molecule has 0 atom stereocenters. The lowest BCUT2D eigenvalue weighted by molar-refractivity contribution is 0.0697. The third-order valence-electron chi connectivity index (χ3n) is 3.86. The average molecular weight is 357 g/mol. The van der Waals surface area contributed by atoms with Crippen LogP contribution in [-0.4, -0.2) is 30.1 Å². The molecular weight excluding hydrogens is 334 g/mol. The van der Waals surface area contributed by atoms with E-state index in [0.29, 0.717) is 11.1 Å². The number of terminal acetylenes is 1. The molecule has 1 N–H and O–H groups in total. The van der Waals surface area contributed by atoms with E-state index in [9.17, 15) is 9.90 Å². The molecular formula is C24H23NO2. The molecule has 0 radical (unpaired) electrons. The van der Waals surface area contributed by atoms with Gasteiger partial charge in [0.05, 0.1) is 5.56 Å². The maximum atomic E-state index is 11.5. The topological polar surface area (TPSA) is 40.5 Å². The molecule has 0 aromatic heterocycles. The van der Waals surface area contributed by atoms with E-state index in [1.54, 1.807) is 18.2 Å². The van der Waals surface area contributed by atoms with Crippen molar-refractivity contribution in [3.8, 4) is 23.5 Å². The summed E-state index contributed by atoms with van der Waals surface area (Å²) in [6, 6.07) is 25.1. The maximum absolute atomic E-state index is 11.5.